The highest BCUT2D eigenvalue weighted by molar-refractivity contribution is 5.67. The van der Waals surface area contributed by atoms with E-state index in [-0.39, 0.29) is 18.5 Å². The molecule has 0 bridgehead atoms. The molecule has 1 heterocycles. The van der Waals surface area contributed by atoms with E-state index in [0.717, 1.165) is 24.3 Å². The number of halogens is 6. The molecule has 3 nitrogen and oxygen atoms in total. The van der Waals surface area contributed by atoms with Crippen molar-refractivity contribution >= 4 is 5.97 Å². The van der Waals surface area contributed by atoms with Crippen LogP contribution in [0.25, 0.3) is 0 Å². The molecule has 9 heteroatoms. The number of rotatable bonds is 5. The van der Waals surface area contributed by atoms with Crippen LogP contribution in [0.4, 0.5) is 26.3 Å². The molecule has 2 aromatic carbocycles. The Hall–Kier alpha value is -2.55. The first kappa shape index (κ1) is 23.1. The number of carboxylic acid groups (broad SMARTS) is 1. The Morgan fingerprint density at radius 1 is 0.968 bits per heavy atom. The molecule has 0 aromatic heterocycles. The summed E-state index contributed by atoms with van der Waals surface area (Å²) in [5.41, 5.74) is -0.386. The third-order valence-electron chi connectivity index (χ3n) is 5.80. The Morgan fingerprint density at radius 3 is 1.90 bits per heavy atom. The molecule has 1 fully saturated rings. The van der Waals surface area contributed by atoms with Crippen molar-refractivity contribution in [2.75, 3.05) is 6.54 Å². The maximum atomic E-state index is 12.9. The van der Waals surface area contributed by atoms with Gasteiger partial charge in [0.05, 0.1) is 11.1 Å². The quantitative estimate of drug-likeness (QED) is 0.630. The van der Waals surface area contributed by atoms with Crippen LogP contribution in [0.1, 0.15) is 41.6 Å². The highest BCUT2D eigenvalue weighted by Gasteiger charge is 2.37. The number of carbonyl (C=O) groups is 1. The van der Waals surface area contributed by atoms with Crippen LogP contribution in [0.15, 0.2) is 48.5 Å². The minimum Gasteiger partial charge on any atom is -0.550 e. The number of likely N-dealkylation sites (tertiary alicyclic amines) is 1. The maximum Gasteiger partial charge on any atom is 0.416 e. The van der Waals surface area contributed by atoms with Crippen LogP contribution in [-0.4, -0.2) is 17.4 Å². The lowest BCUT2D eigenvalue weighted by Crippen LogP contribution is -2.35. The topological polar surface area (TPSA) is 43.4 Å². The van der Waals surface area contributed by atoms with E-state index in [4.69, 9.17) is 0 Å². The van der Waals surface area contributed by atoms with Crippen LogP contribution in [-0.2, 0) is 23.7 Å². The van der Waals surface area contributed by atoms with E-state index in [9.17, 15) is 36.2 Å². The Bertz CT molecular complexity index is 906. The largest absolute Gasteiger partial charge is 0.550 e. The molecule has 0 spiro atoms. The maximum absolute atomic E-state index is 12.9. The van der Waals surface area contributed by atoms with Crippen molar-refractivity contribution in [2.45, 2.75) is 38.3 Å². The highest BCUT2D eigenvalue weighted by Crippen LogP contribution is 2.40. The molecule has 0 aliphatic carbocycles. The van der Waals surface area contributed by atoms with Crippen LogP contribution in [0.2, 0.25) is 0 Å². The average molecular weight is 444 g/mol. The summed E-state index contributed by atoms with van der Waals surface area (Å²) in [4.78, 5) is 13.2. The fraction of sp³-hybridized carbons (Fsp3) is 0.409. The summed E-state index contributed by atoms with van der Waals surface area (Å²) in [5.74, 6) is -2.28. The first-order chi connectivity index (χ1) is 14.4. The van der Waals surface area contributed by atoms with Crippen molar-refractivity contribution in [3.05, 3.63) is 70.8 Å². The van der Waals surface area contributed by atoms with E-state index >= 15 is 0 Å². The van der Waals surface area contributed by atoms with Gasteiger partial charge >= 0.3 is 12.4 Å². The van der Waals surface area contributed by atoms with Crippen molar-refractivity contribution in [1.29, 1.82) is 0 Å². The van der Waals surface area contributed by atoms with E-state index in [1.807, 2.05) is 4.90 Å². The highest BCUT2D eigenvalue weighted by atomic mass is 19.4. The predicted molar refractivity (Wildman–Crippen MR) is 98.3 cm³/mol. The zero-order valence-electron chi connectivity index (χ0n) is 16.5. The minimum atomic E-state index is -4.47. The van der Waals surface area contributed by atoms with Gasteiger partial charge in [0.1, 0.15) is 0 Å². The molecule has 1 saturated heterocycles. The van der Waals surface area contributed by atoms with E-state index < -0.39 is 35.4 Å². The molecule has 3 rings (SSSR count). The lowest BCUT2D eigenvalue weighted by molar-refractivity contribution is -0.312. The summed E-state index contributed by atoms with van der Waals surface area (Å²) in [5, 5.41) is 11.3. The van der Waals surface area contributed by atoms with Gasteiger partial charge in [-0.1, -0.05) is 31.2 Å². The number of aliphatic carboxylic acids is 1. The molecule has 1 aliphatic rings. The molecule has 0 saturated carbocycles. The molecular formula is C22H20F6NO2-. The Morgan fingerprint density at radius 2 is 1.45 bits per heavy atom. The van der Waals surface area contributed by atoms with Gasteiger partial charge in [-0.2, -0.15) is 26.3 Å². The number of nitrogens with zero attached hydrogens (tertiary/aromatic N) is 1. The van der Waals surface area contributed by atoms with Gasteiger partial charge in [0, 0.05) is 25.1 Å². The second-order valence-electron chi connectivity index (χ2n) is 7.86. The number of carbonyl (C=O) groups excluding carboxylic acids is 1. The lowest BCUT2D eigenvalue weighted by atomic mass is 9.90. The fourth-order valence-electron chi connectivity index (χ4n) is 3.94. The Balaban J connectivity index is 1.85. The van der Waals surface area contributed by atoms with Crippen molar-refractivity contribution in [3.63, 3.8) is 0 Å². The van der Waals surface area contributed by atoms with Gasteiger partial charge < -0.3 is 9.90 Å². The predicted octanol–water partition coefficient (Wildman–Crippen LogP) is 4.67. The monoisotopic (exact) mass is 444 g/mol. The SMILES string of the molecule is CC(C(=O)[O-])C1CC(c2ccc(C(F)(F)F)cc2)N(Cc2ccc(C(F)(F)F)cc2)C1. The van der Waals surface area contributed by atoms with Gasteiger partial charge in [0.25, 0.3) is 0 Å². The van der Waals surface area contributed by atoms with Gasteiger partial charge in [-0.3, -0.25) is 4.90 Å². The zero-order valence-corrected chi connectivity index (χ0v) is 16.5. The Labute approximate surface area is 175 Å². The summed E-state index contributed by atoms with van der Waals surface area (Å²) < 4.78 is 77.0. The van der Waals surface area contributed by atoms with Crippen LogP contribution in [0.3, 0.4) is 0 Å². The van der Waals surface area contributed by atoms with E-state index in [0.29, 0.717) is 24.1 Å². The normalized spacial score (nSPS) is 21.3. The molecule has 1 aliphatic heterocycles. The molecule has 0 N–H and O–H groups in total. The van der Waals surface area contributed by atoms with Crippen LogP contribution >= 0.6 is 0 Å². The summed E-state index contributed by atoms with van der Waals surface area (Å²) >= 11 is 0. The van der Waals surface area contributed by atoms with Crippen LogP contribution in [0.5, 0.6) is 0 Å². The summed E-state index contributed by atoms with van der Waals surface area (Å²) in [6, 6.07) is 8.95. The van der Waals surface area contributed by atoms with Crippen molar-refractivity contribution in [1.82, 2.24) is 4.90 Å². The van der Waals surface area contributed by atoms with E-state index in [2.05, 4.69) is 0 Å². The van der Waals surface area contributed by atoms with Crippen LogP contribution < -0.4 is 5.11 Å². The van der Waals surface area contributed by atoms with Crippen molar-refractivity contribution < 1.29 is 36.2 Å². The third kappa shape index (κ3) is 5.39. The standard InChI is InChI=1S/C22H21F6NO2/c1-13(20(30)31)16-10-19(15-4-8-18(9-5-15)22(26,27)28)29(12-16)11-14-2-6-17(7-3-14)21(23,24)25/h2-9,13,16,19H,10-12H2,1H3,(H,30,31)/p-1. The van der Waals surface area contributed by atoms with E-state index in [1.54, 1.807) is 0 Å². The number of carboxylic acids is 1. The summed E-state index contributed by atoms with van der Waals surface area (Å²) in [7, 11) is 0. The second kappa shape index (κ2) is 8.53. The number of alkyl halides is 6. The molecule has 0 amide bonds. The molecular weight excluding hydrogens is 424 g/mol. The number of hydrogen-bond acceptors (Lipinski definition) is 3. The first-order valence-electron chi connectivity index (χ1n) is 9.64. The van der Waals surface area contributed by atoms with Crippen LogP contribution in [0, 0.1) is 11.8 Å². The van der Waals surface area contributed by atoms with Crippen molar-refractivity contribution in [2.24, 2.45) is 11.8 Å². The fourth-order valence-corrected chi connectivity index (χ4v) is 3.94. The molecule has 168 valence electrons. The van der Waals surface area contributed by atoms with Gasteiger partial charge in [-0.15, -0.1) is 0 Å². The van der Waals surface area contributed by atoms with Gasteiger partial charge in [-0.05, 0) is 53.6 Å². The smallest absolute Gasteiger partial charge is 0.416 e. The third-order valence-corrected chi connectivity index (χ3v) is 5.80. The summed E-state index contributed by atoms with van der Waals surface area (Å²) in [6.07, 6.45) is -8.54. The molecule has 3 unspecified atom stereocenters. The van der Waals surface area contributed by atoms with Crippen molar-refractivity contribution in [3.8, 4) is 0 Å². The second-order valence-corrected chi connectivity index (χ2v) is 7.86. The molecule has 3 atom stereocenters. The summed E-state index contributed by atoms with van der Waals surface area (Å²) in [6.45, 7) is 2.09. The lowest BCUT2D eigenvalue weighted by Gasteiger charge is -2.25. The van der Waals surface area contributed by atoms with Gasteiger partial charge in [0.2, 0.25) is 0 Å². The zero-order chi connectivity index (χ0) is 23.0. The number of hydrogen-bond donors (Lipinski definition) is 0. The first-order valence-corrected chi connectivity index (χ1v) is 9.64. The number of benzene rings is 2. The van der Waals surface area contributed by atoms with Gasteiger partial charge in [0.15, 0.2) is 0 Å². The molecule has 31 heavy (non-hydrogen) atoms. The Kier molecular flexibility index (Phi) is 6.36. The van der Waals surface area contributed by atoms with E-state index in [1.165, 1.54) is 31.2 Å². The average Bonchev–Trinajstić information content (AvgIpc) is 3.10. The molecule has 0 radical (unpaired) electrons. The molecule has 2 aromatic rings. The van der Waals surface area contributed by atoms with Gasteiger partial charge in [-0.25, -0.2) is 0 Å². The minimum absolute atomic E-state index is 0.236.